The summed E-state index contributed by atoms with van der Waals surface area (Å²) in [5.74, 6) is 0.950. The van der Waals surface area contributed by atoms with Crippen LogP contribution < -0.4 is 16.4 Å². The molecule has 0 fully saturated rings. The van der Waals surface area contributed by atoms with Gasteiger partial charge in [0.05, 0.1) is 5.69 Å². The summed E-state index contributed by atoms with van der Waals surface area (Å²) >= 11 is 4.54. The molecule has 0 unspecified atom stereocenters. The zero-order chi connectivity index (χ0) is 17.8. The second-order valence-corrected chi connectivity index (χ2v) is 6.93. The second-order valence-electron chi connectivity index (χ2n) is 5.47. The molecule has 0 bridgehead atoms. The second kappa shape index (κ2) is 7.75. The van der Waals surface area contributed by atoms with E-state index in [2.05, 4.69) is 65.8 Å². The lowest BCUT2D eigenvalue weighted by Crippen LogP contribution is -2.15. The normalized spacial score (nSPS) is 10.7. The first-order chi connectivity index (χ1) is 12.0. The van der Waals surface area contributed by atoms with Gasteiger partial charge in [0.25, 0.3) is 0 Å². The molecule has 25 heavy (non-hydrogen) atoms. The highest BCUT2D eigenvalue weighted by Crippen LogP contribution is 2.26. The van der Waals surface area contributed by atoms with Crippen LogP contribution in [-0.2, 0) is 0 Å². The van der Waals surface area contributed by atoms with Crippen molar-refractivity contribution in [3.8, 4) is 11.3 Å². The summed E-state index contributed by atoms with van der Waals surface area (Å²) in [5, 5.41) is 7.22. The minimum atomic E-state index is 0.252. The van der Waals surface area contributed by atoms with Crippen LogP contribution in [0.2, 0.25) is 0 Å². The predicted octanol–water partition coefficient (Wildman–Crippen LogP) is 3.48. The predicted molar refractivity (Wildman–Crippen MR) is 106 cm³/mol. The molecule has 0 radical (unpaired) electrons. The summed E-state index contributed by atoms with van der Waals surface area (Å²) in [6.07, 6.45) is 0. The highest BCUT2D eigenvalue weighted by molar-refractivity contribution is 9.10. The van der Waals surface area contributed by atoms with E-state index >= 15 is 0 Å². The van der Waals surface area contributed by atoms with Crippen molar-refractivity contribution in [2.75, 3.05) is 29.5 Å². The standard InChI is InChI=1S/C16H18BrN7S/c1-9-4-3-5-11(10(9)2)12-8-13(22-15(18)21-12)19-6-7-20-16-23-14(17)24-25-16/h3-5,8H,6-7H2,1-2H3,(H,20,23,24)(H3,18,19,21,22). The Labute approximate surface area is 158 Å². The number of nitrogens with two attached hydrogens (primary N) is 1. The van der Waals surface area contributed by atoms with Crippen LogP contribution in [-0.4, -0.2) is 32.4 Å². The Balaban J connectivity index is 1.68. The van der Waals surface area contributed by atoms with Gasteiger partial charge >= 0.3 is 0 Å². The Morgan fingerprint density at radius 2 is 1.92 bits per heavy atom. The highest BCUT2D eigenvalue weighted by Gasteiger charge is 2.08. The fourth-order valence-electron chi connectivity index (χ4n) is 2.36. The van der Waals surface area contributed by atoms with Gasteiger partial charge in [-0.05, 0) is 40.9 Å². The molecule has 0 atom stereocenters. The van der Waals surface area contributed by atoms with Gasteiger partial charge in [-0.1, -0.05) is 18.2 Å². The lowest BCUT2D eigenvalue weighted by molar-refractivity contribution is 1.04. The smallest absolute Gasteiger partial charge is 0.222 e. The topological polar surface area (TPSA) is 102 Å². The van der Waals surface area contributed by atoms with E-state index in [0.29, 0.717) is 23.6 Å². The van der Waals surface area contributed by atoms with Crippen molar-refractivity contribution in [2.45, 2.75) is 13.8 Å². The van der Waals surface area contributed by atoms with Gasteiger partial charge in [0.1, 0.15) is 5.82 Å². The number of aryl methyl sites for hydroxylation is 1. The average molecular weight is 420 g/mol. The number of benzene rings is 1. The fraction of sp³-hybridized carbons (Fsp3) is 0.250. The van der Waals surface area contributed by atoms with Crippen molar-refractivity contribution < 1.29 is 0 Å². The molecule has 0 aliphatic heterocycles. The van der Waals surface area contributed by atoms with Crippen LogP contribution in [0.25, 0.3) is 11.3 Å². The lowest BCUT2D eigenvalue weighted by Gasteiger charge is -2.11. The van der Waals surface area contributed by atoms with Gasteiger partial charge in [0, 0.05) is 36.3 Å². The number of nitrogen functional groups attached to an aromatic ring is 1. The molecule has 1 aromatic carbocycles. The zero-order valence-electron chi connectivity index (χ0n) is 13.9. The number of hydrogen-bond donors (Lipinski definition) is 3. The van der Waals surface area contributed by atoms with Crippen LogP contribution in [0, 0.1) is 13.8 Å². The molecule has 7 nitrogen and oxygen atoms in total. The molecule has 0 aliphatic rings. The lowest BCUT2D eigenvalue weighted by atomic mass is 10.0. The number of nitrogens with one attached hydrogen (secondary N) is 2. The van der Waals surface area contributed by atoms with Crippen molar-refractivity contribution in [1.82, 2.24) is 19.3 Å². The van der Waals surface area contributed by atoms with Crippen molar-refractivity contribution in [2.24, 2.45) is 0 Å². The first-order valence-electron chi connectivity index (χ1n) is 7.71. The van der Waals surface area contributed by atoms with Crippen LogP contribution in [0.1, 0.15) is 11.1 Å². The maximum atomic E-state index is 5.88. The van der Waals surface area contributed by atoms with E-state index in [1.807, 2.05) is 18.2 Å². The van der Waals surface area contributed by atoms with Crippen molar-refractivity contribution in [1.29, 1.82) is 0 Å². The van der Waals surface area contributed by atoms with E-state index in [1.54, 1.807) is 0 Å². The van der Waals surface area contributed by atoms with E-state index in [0.717, 1.165) is 16.4 Å². The van der Waals surface area contributed by atoms with Gasteiger partial charge < -0.3 is 16.4 Å². The molecule has 0 saturated heterocycles. The SMILES string of the molecule is Cc1cccc(-c2cc(NCCNc3nc(Br)ns3)nc(N)n2)c1C. The summed E-state index contributed by atoms with van der Waals surface area (Å²) in [6, 6.07) is 8.07. The molecule has 130 valence electrons. The maximum absolute atomic E-state index is 5.88. The van der Waals surface area contributed by atoms with Crippen LogP contribution in [0.3, 0.4) is 0 Å². The van der Waals surface area contributed by atoms with Crippen LogP contribution in [0.4, 0.5) is 16.9 Å². The van der Waals surface area contributed by atoms with Crippen LogP contribution >= 0.6 is 27.5 Å². The zero-order valence-corrected chi connectivity index (χ0v) is 16.3. The minimum absolute atomic E-state index is 0.252. The van der Waals surface area contributed by atoms with Gasteiger partial charge in [-0.15, -0.1) is 0 Å². The first-order valence-corrected chi connectivity index (χ1v) is 9.27. The average Bonchev–Trinajstić information content (AvgIpc) is 2.99. The van der Waals surface area contributed by atoms with Gasteiger partial charge in [-0.3, -0.25) is 0 Å². The van der Waals surface area contributed by atoms with Crippen molar-refractivity contribution in [3.05, 3.63) is 40.1 Å². The molecule has 0 aliphatic carbocycles. The molecule has 0 saturated carbocycles. The minimum Gasteiger partial charge on any atom is -0.368 e. The summed E-state index contributed by atoms with van der Waals surface area (Å²) in [4.78, 5) is 12.8. The van der Waals surface area contributed by atoms with Gasteiger partial charge in [-0.25, -0.2) is 4.98 Å². The van der Waals surface area contributed by atoms with Crippen LogP contribution in [0.15, 0.2) is 29.0 Å². The summed E-state index contributed by atoms with van der Waals surface area (Å²) in [5.41, 5.74) is 10.2. The summed E-state index contributed by atoms with van der Waals surface area (Å²) < 4.78 is 4.65. The number of nitrogens with zero attached hydrogens (tertiary/aromatic N) is 4. The van der Waals surface area contributed by atoms with E-state index in [1.165, 1.54) is 22.7 Å². The van der Waals surface area contributed by atoms with E-state index in [4.69, 9.17) is 5.73 Å². The molecule has 2 heterocycles. The van der Waals surface area contributed by atoms with E-state index in [-0.39, 0.29) is 5.95 Å². The largest absolute Gasteiger partial charge is 0.368 e. The van der Waals surface area contributed by atoms with Gasteiger partial charge in [0.2, 0.25) is 15.8 Å². The molecule has 9 heteroatoms. The van der Waals surface area contributed by atoms with Gasteiger partial charge in [-0.2, -0.15) is 14.3 Å². The molecule has 2 aromatic heterocycles. The van der Waals surface area contributed by atoms with E-state index < -0.39 is 0 Å². The van der Waals surface area contributed by atoms with Crippen molar-refractivity contribution >= 4 is 44.4 Å². The number of halogens is 1. The quantitative estimate of drug-likeness (QED) is 0.525. The molecular weight excluding hydrogens is 402 g/mol. The third kappa shape index (κ3) is 4.43. The molecule has 3 rings (SSSR count). The number of anilines is 3. The highest BCUT2D eigenvalue weighted by atomic mass is 79.9. The number of hydrogen-bond acceptors (Lipinski definition) is 8. The Bertz CT molecular complexity index is 881. The maximum Gasteiger partial charge on any atom is 0.222 e. The Morgan fingerprint density at radius 1 is 1.12 bits per heavy atom. The Kier molecular flexibility index (Phi) is 5.44. The molecule has 0 spiro atoms. The first kappa shape index (κ1) is 17.6. The number of rotatable bonds is 6. The Morgan fingerprint density at radius 3 is 2.68 bits per heavy atom. The number of aromatic nitrogens is 4. The van der Waals surface area contributed by atoms with Gasteiger partial charge in [0.15, 0.2) is 0 Å². The summed E-state index contributed by atoms with van der Waals surface area (Å²) in [7, 11) is 0. The molecular formula is C16H18BrN7S. The third-order valence-corrected chi connectivity index (χ3v) is 4.99. The fourth-order valence-corrected chi connectivity index (χ4v) is 3.37. The summed E-state index contributed by atoms with van der Waals surface area (Å²) in [6.45, 7) is 5.52. The molecule has 4 N–H and O–H groups in total. The molecule has 3 aromatic rings. The molecule has 0 amide bonds. The third-order valence-electron chi connectivity index (χ3n) is 3.73. The monoisotopic (exact) mass is 419 g/mol. The van der Waals surface area contributed by atoms with E-state index in [9.17, 15) is 0 Å². The Hall–Kier alpha value is -2.26. The van der Waals surface area contributed by atoms with Crippen molar-refractivity contribution in [3.63, 3.8) is 0 Å². The van der Waals surface area contributed by atoms with Crippen LogP contribution in [0.5, 0.6) is 0 Å².